The molecule has 10 atom stereocenters. The second-order valence-electron chi connectivity index (χ2n) is 14.3. The molecule has 0 aromatic carbocycles. The quantitative estimate of drug-likeness (QED) is 0.0244. The molecule has 6 heterocycles. The predicted octanol–water partition coefficient (Wildman–Crippen LogP) is 0.425. The average Bonchev–Trinajstić information content (AvgIpc) is 3.98. The zero-order valence-electron chi connectivity index (χ0n) is 33.0. The first-order valence-electron chi connectivity index (χ1n) is 19.5. The molecular weight excluding hydrogens is 906 g/mol. The van der Waals surface area contributed by atoms with E-state index in [4.69, 9.17) is 39.0 Å². The van der Waals surface area contributed by atoms with Crippen molar-refractivity contribution in [3.8, 4) is 0 Å². The summed E-state index contributed by atoms with van der Waals surface area (Å²) in [7, 11) is -5.66. The van der Waals surface area contributed by atoms with E-state index in [1.54, 1.807) is 21.6 Å². The van der Waals surface area contributed by atoms with Gasteiger partial charge in [-0.1, -0.05) is 47.3 Å². The number of aromatic amines is 2. The zero-order valence-corrected chi connectivity index (χ0v) is 36.4. The molecule has 4 aromatic rings. The summed E-state index contributed by atoms with van der Waals surface area (Å²) >= 11 is 0. The molecule has 2 saturated heterocycles. The Morgan fingerprint density at radius 3 is 1.71 bits per heavy atom. The molecule has 0 aliphatic carbocycles. The molecule has 4 aromatic heterocycles. The molecule has 2 unspecified atom stereocenters. The number of rotatable bonds is 25. The third-order valence-electron chi connectivity index (χ3n) is 9.77. The van der Waals surface area contributed by atoms with Gasteiger partial charge < -0.3 is 51.2 Å². The van der Waals surface area contributed by atoms with Crippen molar-refractivity contribution in [2.45, 2.75) is 100 Å². The van der Waals surface area contributed by atoms with E-state index in [1.807, 2.05) is 0 Å². The van der Waals surface area contributed by atoms with Crippen LogP contribution in [-0.4, -0.2) is 144 Å². The van der Waals surface area contributed by atoms with Crippen LogP contribution in [0.4, 0.5) is 11.9 Å². The number of nitrogens with one attached hydrogen (secondary N) is 2. The van der Waals surface area contributed by atoms with Gasteiger partial charge in [0.1, 0.15) is 36.6 Å². The van der Waals surface area contributed by atoms with Crippen molar-refractivity contribution in [1.82, 2.24) is 39.0 Å². The summed E-state index contributed by atoms with van der Waals surface area (Å²) in [6.07, 6.45) is -2.42. The van der Waals surface area contributed by atoms with Gasteiger partial charge in [-0.05, 0) is 25.7 Å². The number of hydrogen-bond acceptors (Lipinski definition) is 22. The summed E-state index contributed by atoms with van der Waals surface area (Å²) in [6.45, 7) is -1.32. The number of imidazole rings is 2. The number of phosphoric acid groups is 2. The van der Waals surface area contributed by atoms with Crippen molar-refractivity contribution < 1.29 is 66.9 Å². The highest BCUT2D eigenvalue weighted by Gasteiger charge is 2.49. The minimum Gasteiger partial charge on any atom is -0.394 e. The maximum atomic E-state index is 12.7. The number of nitrogens with zero attached hydrogens (tertiary/aromatic N) is 6. The van der Waals surface area contributed by atoms with Crippen molar-refractivity contribution in [2.75, 3.05) is 49.4 Å². The minimum absolute atomic E-state index is 0.00131. The highest BCUT2D eigenvalue weighted by molar-refractivity contribution is 8.76. The van der Waals surface area contributed by atoms with Crippen LogP contribution < -0.4 is 22.6 Å². The number of nitrogen functional groups attached to an aromatic ring is 2. The lowest BCUT2D eigenvalue weighted by molar-refractivity contribution is -0.0514. The molecule has 6 rings (SSSR count). The summed E-state index contributed by atoms with van der Waals surface area (Å²) in [5.74, 6) is 1.45. The number of nitrogens with two attached hydrogens (primary N) is 2. The van der Waals surface area contributed by atoms with Gasteiger partial charge >= 0.3 is 15.6 Å². The van der Waals surface area contributed by atoms with Gasteiger partial charge in [-0.25, -0.2) is 19.1 Å². The van der Waals surface area contributed by atoms with Crippen LogP contribution in [0.25, 0.3) is 22.3 Å². The first kappa shape index (κ1) is 48.4. The third kappa shape index (κ3) is 12.2. The normalized spacial score (nSPS) is 26.1. The number of ether oxygens (including phenoxy) is 2. The topological polar surface area (TPSA) is 390 Å². The Morgan fingerprint density at radius 1 is 0.694 bits per heavy atom. The molecule has 62 heavy (non-hydrogen) atoms. The van der Waals surface area contributed by atoms with Crippen LogP contribution in [0.2, 0.25) is 0 Å². The number of fused-ring (bicyclic) bond motifs is 2. The molecule has 0 radical (unpaired) electrons. The van der Waals surface area contributed by atoms with E-state index < -0.39 is 89.1 Å². The molecule has 2 fully saturated rings. The maximum Gasteiger partial charge on any atom is 0.472 e. The number of anilines is 2. The molecule has 0 amide bonds. The summed E-state index contributed by atoms with van der Waals surface area (Å²) in [6, 6.07) is 0. The van der Waals surface area contributed by atoms with Gasteiger partial charge in [0.15, 0.2) is 34.8 Å². The molecule has 2 aliphatic rings. The maximum absolute atomic E-state index is 12.7. The van der Waals surface area contributed by atoms with Crippen molar-refractivity contribution >= 4 is 71.5 Å². The molecule has 346 valence electrons. The van der Waals surface area contributed by atoms with Crippen LogP contribution in [0.3, 0.4) is 0 Å². The lowest BCUT2D eigenvalue weighted by atomic mass is 10.1. The Morgan fingerprint density at radius 2 is 1.18 bits per heavy atom. The van der Waals surface area contributed by atoms with E-state index >= 15 is 0 Å². The van der Waals surface area contributed by atoms with Gasteiger partial charge in [0.25, 0.3) is 11.1 Å². The van der Waals surface area contributed by atoms with Crippen molar-refractivity contribution in [1.29, 1.82) is 0 Å². The lowest BCUT2D eigenvalue weighted by Crippen LogP contribution is -2.35. The highest BCUT2D eigenvalue weighted by Crippen LogP contribution is 2.49. The fourth-order valence-corrected chi connectivity index (χ4v) is 10.7. The Balaban J connectivity index is 0.762. The fourth-order valence-electron chi connectivity index (χ4n) is 6.68. The molecule has 0 bridgehead atoms. The van der Waals surface area contributed by atoms with Gasteiger partial charge in [0.05, 0.1) is 39.1 Å². The first-order valence-corrected chi connectivity index (χ1v) is 25.0. The lowest BCUT2D eigenvalue weighted by Gasteiger charge is -2.22. The highest BCUT2D eigenvalue weighted by atomic mass is 33.1. The molecule has 0 spiro atoms. The number of phosphoric ester groups is 2. The van der Waals surface area contributed by atoms with Crippen LogP contribution in [0, 0.1) is 0 Å². The van der Waals surface area contributed by atoms with Gasteiger partial charge in [-0.3, -0.25) is 46.8 Å². The second-order valence-corrected chi connectivity index (χ2v) is 19.8. The van der Waals surface area contributed by atoms with Gasteiger partial charge in [0, 0.05) is 11.5 Å². The standard InChI is InChI=1S/C32H50N10O16P2S2/c33-31-37-25-19(27(47)39-31)35-15-41(25)29-22(45)21(44)18(57-29)14-55-59(49,50)53-9-5-1-3-7-11-61-62-12-8-4-2-6-10-54-60(51,52)58-24-17(13-43)56-30(23(24)46)42-16-36-20-26(42)38-32(34)40-28(20)48/h15-18,21-24,29-30,43-46H,1-14H2,(H,49,50)(H,51,52)(H3,33,37,39,47)(H3,34,38,40,48)/t17-,18-,21-,22-,23-,24-,29-,30-/m1/s1. The van der Waals surface area contributed by atoms with Crippen LogP contribution in [0.1, 0.15) is 63.8 Å². The van der Waals surface area contributed by atoms with Crippen molar-refractivity contribution in [3.63, 3.8) is 0 Å². The number of aliphatic hydroxyl groups is 4. The number of H-pyrrole nitrogens is 2. The van der Waals surface area contributed by atoms with E-state index in [1.165, 1.54) is 21.8 Å². The molecule has 26 nitrogen and oxygen atoms in total. The van der Waals surface area contributed by atoms with Crippen LogP contribution in [0.5, 0.6) is 0 Å². The number of unbranched alkanes of at least 4 members (excludes halogenated alkanes) is 6. The fraction of sp³-hybridized carbons (Fsp3) is 0.688. The molecule has 2 aliphatic heterocycles. The molecule has 30 heteroatoms. The number of aromatic nitrogens is 8. The smallest absolute Gasteiger partial charge is 0.394 e. The van der Waals surface area contributed by atoms with Crippen molar-refractivity contribution in [2.24, 2.45) is 0 Å². The van der Waals surface area contributed by atoms with E-state index in [0.717, 1.165) is 50.0 Å². The molecule has 12 N–H and O–H groups in total. The van der Waals surface area contributed by atoms with Crippen LogP contribution in [-0.2, 0) is 36.7 Å². The van der Waals surface area contributed by atoms with Crippen LogP contribution in [0.15, 0.2) is 22.2 Å². The Labute approximate surface area is 359 Å². The summed E-state index contributed by atoms with van der Waals surface area (Å²) in [5, 5.41) is 41.8. The summed E-state index contributed by atoms with van der Waals surface area (Å²) in [5.41, 5.74) is 9.92. The Kier molecular flexibility index (Phi) is 17.0. The largest absolute Gasteiger partial charge is 0.472 e. The van der Waals surface area contributed by atoms with E-state index in [0.29, 0.717) is 12.8 Å². The van der Waals surface area contributed by atoms with Crippen molar-refractivity contribution in [3.05, 3.63) is 33.4 Å². The predicted molar refractivity (Wildman–Crippen MR) is 222 cm³/mol. The third-order valence-corrected chi connectivity index (χ3v) is 14.3. The van der Waals surface area contributed by atoms with Crippen LogP contribution >= 0.6 is 37.2 Å². The Hall–Kier alpha value is -3.02. The van der Waals surface area contributed by atoms with E-state index in [2.05, 4.69) is 29.9 Å². The average molecular weight is 957 g/mol. The minimum atomic E-state index is -4.66. The summed E-state index contributed by atoms with van der Waals surface area (Å²) < 4.78 is 59.3. The van der Waals surface area contributed by atoms with E-state index in [-0.39, 0.29) is 47.4 Å². The Bertz CT molecular complexity index is 2320. The number of aliphatic hydroxyl groups excluding tert-OH is 4. The number of hydrogen-bond donors (Lipinski definition) is 10. The monoisotopic (exact) mass is 956 g/mol. The van der Waals surface area contributed by atoms with Gasteiger partial charge in [-0.15, -0.1) is 0 Å². The second kappa shape index (κ2) is 21.8. The van der Waals surface area contributed by atoms with E-state index in [9.17, 15) is 48.9 Å². The van der Waals surface area contributed by atoms with Gasteiger partial charge in [0.2, 0.25) is 11.9 Å². The first-order chi connectivity index (χ1) is 29.6. The SMILES string of the molecule is Nc1nc2c(ncn2[C@@H]2O[C@H](COP(=O)(O)OCCCCCCSSCCCCCCOP(=O)(O)O[C@H]3[C@@H](O)[C@H](n4cnc5c(=O)[nH]c(N)nc54)O[C@@H]3CO)[C@@H](O)[C@H]2O)c(=O)[nH]1. The summed E-state index contributed by atoms with van der Waals surface area (Å²) in [4.78, 5) is 65.2. The molecule has 0 saturated carbocycles. The zero-order chi connectivity index (χ0) is 44.6. The van der Waals surface area contributed by atoms with Gasteiger partial charge in [-0.2, -0.15) is 9.97 Å². The molecular formula is C32H50N10O16P2S2.